The molecule has 0 aliphatic rings. The third kappa shape index (κ3) is 3.96. The maximum Gasteiger partial charge on any atom is 0.101 e. The van der Waals surface area contributed by atoms with Crippen molar-refractivity contribution in [3.63, 3.8) is 0 Å². The molecule has 0 aliphatic carbocycles. The molecule has 0 aliphatic heterocycles. The van der Waals surface area contributed by atoms with Crippen LogP contribution in [0.25, 0.3) is 0 Å². The normalized spacial score (nSPS) is 10.7. The first-order chi connectivity index (χ1) is 8.43. The molecule has 18 heavy (non-hydrogen) atoms. The standard InChI is InChI=1S/C15H23N3/c1-11(2)9-18(10-12(3)4)15-6-5-14(17)7-13(15)8-16/h5-7,11-12H,9-10,17H2,1-4H3. The minimum atomic E-state index is 0.563. The van der Waals surface area contributed by atoms with Crippen LogP contribution in [-0.2, 0) is 0 Å². The fraction of sp³-hybridized carbons (Fsp3) is 0.533. The second-order valence-corrected chi connectivity index (χ2v) is 5.58. The molecule has 0 fully saturated rings. The maximum absolute atomic E-state index is 9.23. The highest BCUT2D eigenvalue weighted by Crippen LogP contribution is 2.24. The van der Waals surface area contributed by atoms with E-state index < -0.39 is 0 Å². The van der Waals surface area contributed by atoms with Gasteiger partial charge in [0.15, 0.2) is 0 Å². The van der Waals surface area contributed by atoms with Crippen LogP contribution in [0.1, 0.15) is 33.3 Å². The second kappa shape index (κ2) is 6.30. The average Bonchev–Trinajstić information content (AvgIpc) is 2.26. The Bertz CT molecular complexity index is 420. The van der Waals surface area contributed by atoms with Gasteiger partial charge in [0.25, 0.3) is 0 Å². The van der Waals surface area contributed by atoms with Crippen LogP contribution in [0.15, 0.2) is 18.2 Å². The van der Waals surface area contributed by atoms with Gasteiger partial charge in [-0.3, -0.25) is 0 Å². The minimum Gasteiger partial charge on any atom is -0.399 e. The van der Waals surface area contributed by atoms with Gasteiger partial charge in [-0.15, -0.1) is 0 Å². The molecule has 0 saturated carbocycles. The molecule has 1 aromatic rings. The predicted octanol–water partition coefficient (Wildman–Crippen LogP) is 3.26. The zero-order valence-corrected chi connectivity index (χ0v) is 11.8. The number of nitriles is 1. The van der Waals surface area contributed by atoms with Crippen molar-refractivity contribution in [1.82, 2.24) is 0 Å². The van der Waals surface area contributed by atoms with Crippen molar-refractivity contribution in [1.29, 1.82) is 5.26 Å². The molecule has 0 heterocycles. The lowest BCUT2D eigenvalue weighted by Crippen LogP contribution is -2.31. The summed E-state index contributed by atoms with van der Waals surface area (Å²) in [5, 5.41) is 9.23. The molecule has 3 nitrogen and oxygen atoms in total. The molecular formula is C15H23N3. The maximum atomic E-state index is 9.23. The van der Waals surface area contributed by atoms with Crippen molar-refractivity contribution in [2.75, 3.05) is 23.7 Å². The number of nitrogens with zero attached hydrogens (tertiary/aromatic N) is 2. The lowest BCUT2D eigenvalue weighted by atomic mass is 10.1. The summed E-state index contributed by atoms with van der Waals surface area (Å²) in [6.07, 6.45) is 0. The van der Waals surface area contributed by atoms with E-state index in [4.69, 9.17) is 5.73 Å². The van der Waals surface area contributed by atoms with Crippen molar-refractivity contribution in [2.24, 2.45) is 11.8 Å². The summed E-state index contributed by atoms with van der Waals surface area (Å²) < 4.78 is 0. The van der Waals surface area contributed by atoms with Crippen LogP contribution in [0.4, 0.5) is 11.4 Å². The first-order valence-corrected chi connectivity index (χ1v) is 6.48. The average molecular weight is 245 g/mol. The minimum absolute atomic E-state index is 0.563. The SMILES string of the molecule is CC(C)CN(CC(C)C)c1ccc(N)cc1C#N. The summed E-state index contributed by atoms with van der Waals surface area (Å²) >= 11 is 0. The summed E-state index contributed by atoms with van der Waals surface area (Å²) in [5.41, 5.74) is 8.04. The molecular weight excluding hydrogens is 222 g/mol. The number of hydrogen-bond acceptors (Lipinski definition) is 3. The molecule has 0 spiro atoms. The van der Waals surface area contributed by atoms with E-state index in [2.05, 4.69) is 38.7 Å². The number of hydrogen-bond donors (Lipinski definition) is 1. The highest BCUT2D eigenvalue weighted by atomic mass is 15.1. The van der Waals surface area contributed by atoms with Gasteiger partial charge in [0, 0.05) is 18.8 Å². The Balaban J connectivity index is 3.08. The molecule has 3 heteroatoms. The number of benzene rings is 1. The summed E-state index contributed by atoms with van der Waals surface area (Å²) in [5.74, 6) is 1.13. The molecule has 0 unspecified atom stereocenters. The van der Waals surface area contributed by atoms with Gasteiger partial charge in [0.05, 0.1) is 11.3 Å². The molecule has 98 valence electrons. The van der Waals surface area contributed by atoms with E-state index in [0.717, 1.165) is 18.8 Å². The molecule has 0 amide bonds. The second-order valence-electron chi connectivity index (χ2n) is 5.58. The first-order valence-electron chi connectivity index (χ1n) is 6.48. The van der Waals surface area contributed by atoms with E-state index in [0.29, 0.717) is 23.1 Å². The van der Waals surface area contributed by atoms with Crippen LogP contribution in [0, 0.1) is 23.2 Å². The fourth-order valence-electron chi connectivity index (χ4n) is 2.07. The number of nitrogens with two attached hydrogens (primary N) is 1. The van der Waals surface area contributed by atoms with Crippen LogP contribution >= 0.6 is 0 Å². The van der Waals surface area contributed by atoms with E-state index >= 15 is 0 Å². The third-order valence-corrected chi connectivity index (χ3v) is 2.65. The van der Waals surface area contributed by atoms with Crippen molar-refractivity contribution in [3.05, 3.63) is 23.8 Å². The molecule has 0 aromatic heterocycles. The monoisotopic (exact) mass is 245 g/mol. The van der Waals surface area contributed by atoms with E-state index in [-0.39, 0.29) is 0 Å². The quantitative estimate of drug-likeness (QED) is 0.810. The Kier molecular flexibility index (Phi) is 5.03. The van der Waals surface area contributed by atoms with E-state index in [9.17, 15) is 5.26 Å². The Morgan fingerprint density at radius 2 is 1.72 bits per heavy atom. The van der Waals surface area contributed by atoms with Crippen LogP contribution in [0.3, 0.4) is 0 Å². The number of anilines is 2. The highest BCUT2D eigenvalue weighted by Gasteiger charge is 2.14. The van der Waals surface area contributed by atoms with Gasteiger partial charge in [0.1, 0.15) is 6.07 Å². The molecule has 0 bridgehead atoms. The molecule has 1 rings (SSSR count). The molecule has 2 N–H and O–H groups in total. The van der Waals surface area contributed by atoms with Crippen LogP contribution < -0.4 is 10.6 Å². The number of nitrogen functional groups attached to an aromatic ring is 1. The Morgan fingerprint density at radius 1 is 1.17 bits per heavy atom. The van der Waals surface area contributed by atoms with Crippen molar-refractivity contribution >= 4 is 11.4 Å². The summed E-state index contributed by atoms with van der Waals surface area (Å²) in [6, 6.07) is 7.82. The van der Waals surface area contributed by atoms with E-state index in [1.54, 1.807) is 6.07 Å². The predicted molar refractivity (Wildman–Crippen MR) is 77.5 cm³/mol. The van der Waals surface area contributed by atoms with Crippen molar-refractivity contribution < 1.29 is 0 Å². The van der Waals surface area contributed by atoms with Gasteiger partial charge in [-0.1, -0.05) is 27.7 Å². The summed E-state index contributed by atoms with van der Waals surface area (Å²) in [4.78, 5) is 2.29. The van der Waals surface area contributed by atoms with Gasteiger partial charge in [-0.2, -0.15) is 5.26 Å². The summed E-state index contributed by atoms with van der Waals surface area (Å²) in [6.45, 7) is 10.7. The smallest absolute Gasteiger partial charge is 0.101 e. The number of rotatable bonds is 5. The zero-order valence-electron chi connectivity index (χ0n) is 11.8. The van der Waals surface area contributed by atoms with Crippen LogP contribution in [0.2, 0.25) is 0 Å². The molecule has 1 aromatic carbocycles. The van der Waals surface area contributed by atoms with E-state index in [1.165, 1.54) is 0 Å². The fourth-order valence-corrected chi connectivity index (χ4v) is 2.07. The van der Waals surface area contributed by atoms with E-state index in [1.807, 2.05) is 12.1 Å². The van der Waals surface area contributed by atoms with Gasteiger partial charge in [-0.05, 0) is 30.0 Å². The molecule has 0 atom stereocenters. The van der Waals surface area contributed by atoms with Gasteiger partial charge < -0.3 is 10.6 Å². The summed E-state index contributed by atoms with van der Waals surface area (Å²) in [7, 11) is 0. The van der Waals surface area contributed by atoms with Crippen molar-refractivity contribution in [2.45, 2.75) is 27.7 Å². The van der Waals surface area contributed by atoms with Crippen molar-refractivity contribution in [3.8, 4) is 6.07 Å². The zero-order chi connectivity index (χ0) is 13.7. The largest absolute Gasteiger partial charge is 0.399 e. The Hall–Kier alpha value is -1.69. The third-order valence-electron chi connectivity index (χ3n) is 2.65. The Morgan fingerprint density at radius 3 is 2.17 bits per heavy atom. The topological polar surface area (TPSA) is 53.0 Å². The Labute approximate surface area is 110 Å². The van der Waals surface area contributed by atoms with Crippen LogP contribution in [-0.4, -0.2) is 13.1 Å². The lowest BCUT2D eigenvalue weighted by Gasteiger charge is -2.29. The lowest BCUT2D eigenvalue weighted by molar-refractivity contribution is 0.552. The van der Waals surface area contributed by atoms with Gasteiger partial charge in [-0.25, -0.2) is 0 Å². The van der Waals surface area contributed by atoms with Gasteiger partial charge in [0.2, 0.25) is 0 Å². The van der Waals surface area contributed by atoms with Crippen LogP contribution in [0.5, 0.6) is 0 Å². The first kappa shape index (κ1) is 14.4. The van der Waals surface area contributed by atoms with Gasteiger partial charge >= 0.3 is 0 Å². The highest BCUT2D eigenvalue weighted by molar-refractivity contribution is 5.64. The molecule has 0 saturated heterocycles. The molecule has 0 radical (unpaired) electrons.